The summed E-state index contributed by atoms with van der Waals surface area (Å²) in [7, 11) is 0. The summed E-state index contributed by atoms with van der Waals surface area (Å²) in [6.07, 6.45) is 1.77. The molecule has 0 bridgehead atoms. The van der Waals surface area contributed by atoms with Crippen molar-refractivity contribution in [1.29, 1.82) is 0 Å². The largest absolute Gasteiger partial charge is 0.490 e. The van der Waals surface area contributed by atoms with Gasteiger partial charge < -0.3 is 10.1 Å². The van der Waals surface area contributed by atoms with Crippen LogP contribution in [-0.2, 0) is 11.2 Å². The van der Waals surface area contributed by atoms with E-state index in [0.717, 1.165) is 5.56 Å². The van der Waals surface area contributed by atoms with Gasteiger partial charge in [0.15, 0.2) is 5.11 Å². The molecule has 0 aliphatic carbocycles. The minimum absolute atomic E-state index is 0.00625. The predicted octanol–water partition coefficient (Wildman–Crippen LogP) is 2.78. The first kappa shape index (κ1) is 20.4. The SMILES string of the molecule is C=CCOc1ccc(C(=O)NNC(=S)NC(=O)Cc2ccc(Cl)cc2)cc1. The molecule has 2 rings (SSSR count). The quantitative estimate of drug-likeness (QED) is 0.392. The Morgan fingerprint density at radius 2 is 1.74 bits per heavy atom. The van der Waals surface area contributed by atoms with Crippen LogP contribution in [0.25, 0.3) is 0 Å². The molecule has 0 aromatic heterocycles. The van der Waals surface area contributed by atoms with Gasteiger partial charge in [0, 0.05) is 10.6 Å². The molecule has 0 saturated carbocycles. The lowest BCUT2D eigenvalue weighted by Crippen LogP contribution is -2.48. The number of hydrazine groups is 1. The number of benzene rings is 2. The summed E-state index contributed by atoms with van der Waals surface area (Å²) in [5.41, 5.74) is 6.11. The topological polar surface area (TPSA) is 79.5 Å². The Balaban J connectivity index is 1.76. The van der Waals surface area contributed by atoms with Gasteiger partial charge in [-0.15, -0.1) is 0 Å². The fraction of sp³-hybridized carbons (Fsp3) is 0.105. The van der Waals surface area contributed by atoms with Crippen LogP contribution in [0.3, 0.4) is 0 Å². The van der Waals surface area contributed by atoms with Crippen molar-refractivity contribution < 1.29 is 14.3 Å². The van der Waals surface area contributed by atoms with E-state index in [2.05, 4.69) is 22.7 Å². The molecular weight excluding hydrogens is 386 g/mol. The van der Waals surface area contributed by atoms with Crippen molar-refractivity contribution in [1.82, 2.24) is 16.2 Å². The maximum absolute atomic E-state index is 12.1. The van der Waals surface area contributed by atoms with Crippen LogP contribution in [0, 0.1) is 0 Å². The second-order valence-electron chi connectivity index (χ2n) is 5.38. The third-order valence-electron chi connectivity index (χ3n) is 3.30. The molecular formula is C19H18ClN3O3S. The monoisotopic (exact) mass is 403 g/mol. The zero-order valence-electron chi connectivity index (χ0n) is 14.3. The molecule has 3 N–H and O–H groups in total. The second kappa shape index (κ2) is 10.3. The van der Waals surface area contributed by atoms with Crippen LogP contribution in [0.15, 0.2) is 61.2 Å². The third-order valence-corrected chi connectivity index (χ3v) is 3.76. The van der Waals surface area contributed by atoms with E-state index in [0.29, 0.717) is 22.9 Å². The molecule has 27 heavy (non-hydrogen) atoms. The highest BCUT2D eigenvalue weighted by atomic mass is 35.5. The lowest BCUT2D eigenvalue weighted by Gasteiger charge is -2.11. The summed E-state index contributed by atoms with van der Waals surface area (Å²) < 4.78 is 5.35. The van der Waals surface area contributed by atoms with Gasteiger partial charge in [-0.3, -0.25) is 20.4 Å². The zero-order chi connectivity index (χ0) is 19.6. The number of thiocarbonyl (C=S) groups is 1. The Morgan fingerprint density at radius 3 is 2.37 bits per heavy atom. The van der Waals surface area contributed by atoms with E-state index in [1.807, 2.05) is 0 Å². The number of carbonyl (C=O) groups is 2. The molecule has 0 spiro atoms. The lowest BCUT2D eigenvalue weighted by molar-refractivity contribution is -0.119. The maximum atomic E-state index is 12.1. The molecule has 0 aliphatic heterocycles. The van der Waals surface area contributed by atoms with Crippen molar-refractivity contribution in [3.05, 3.63) is 77.3 Å². The first-order valence-electron chi connectivity index (χ1n) is 7.96. The zero-order valence-corrected chi connectivity index (χ0v) is 15.9. The molecule has 2 aromatic rings. The van der Waals surface area contributed by atoms with E-state index in [4.69, 9.17) is 28.6 Å². The number of carbonyl (C=O) groups excluding carboxylic acids is 2. The van der Waals surface area contributed by atoms with Crippen LogP contribution in [-0.4, -0.2) is 23.5 Å². The molecule has 0 heterocycles. The number of amides is 2. The van der Waals surface area contributed by atoms with Crippen LogP contribution in [0.4, 0.5) is 0 Å². The number of hydrogen-bond donors (Lipinski definition) is 3. The molecule has 0 fully saturated rings. The molecule has 0 unspecified atom stereocenters. The first-order valence-corrected chi connectivity index (χ1v) is 8.75. The molecule has 0 aliphatic rings. The fourth-order valence-electron chi connectivity index (χ4n) is 2.03. The average Bonchev–Trinajstić information content (AvgIpc) is 2.66. The van der Waals surface area contributed by atoms with Crippen LogP contribution < -0.4 is 20.9 Å². The molecule has 6 nitrogen and oxygen atoms in total. The summed E-state index contributed by atoms with van der Waals surface area (Å²) in [6.45, 7) is 3.95. The van der Waals surface area contributed by atoms with Gasteiger partial charge in [0.05, 0.1) is 6.42 Å². The molecule has 0 radical (unpaired) electrons. The van der Waals surface area contributed by atoms with Crippen molar-refractivity contribution in [2.24, 2.45) is 0 Å². The summed E-state index contributed by atoms with van der Waals surface area (Å²) in [4.78, 5) is 24.0. The highest BCUT2D eigenvalue weighted by Gasteiger charge is 2.09. The smallest absolute Gasteiger partial charge is 0.269 e. The summed E-state index contributed by atoms with van der Waals surface area (Å²) in [6, 6.07) is 13.5. The number of nitrogens with one attached hydrogen (secondary N) is 3. The standard InChI is InChI=1S/C19H18ClN3O3S/c1-2-11-26-16-9-5-14(6-10-16)18(25)22-23-19(27)21-17(24)12-13-3-7-15(20)8-4-13/h2-10H,1,11-12H2,(H,22,25)(H2,21,23,24,27). The van der Waals surface area contributed by atoms with Crippen molar-refractivity contribution >= 4 is 40.7 Å². The lowest BCUT2D eigenvalue weighted by atomic mass is 10.1. The molecule has 2 aromatic carbocycles. The van der Waals surface area contributed by atoms with E-state index in [-0.39, 0.29) is 17.4 Å². The summed E-state index contributed by atoms with van der Waals surface area (Å²) in [5, 5.41) is 3.08. The predicted molar refractivity (Wildman–Crippen MR) is 109 cm³/mol. The molecule has 0 saturated heterocycles. The average molecular weight is 404 g/mol. The number of rotatable bonds is 6. The van der Waals surface area contributed by atoms with Crippen LogP contribution in [0.5, 0.6) is 5.75 Å². The van der Waals surface area contributed by atoms with Crippen LogP contribution in [0.1, 0.15) is 15.9 Å². The molecule has 140 valence electrons. The number of hydrogen-bond acceptors (Lipinski definition) is 4. The Hall–Kier alpha value is -2.90. The van der Waals surface area contributed by atoms with Crippen LogP contribution >= 0.6 is 23.8 Å². The Morgan fingerprint density at radius 1 is 1.07 bits per heavy atom. The van der Waals surface area contributed by atoms with E-state index >= 15 is 0 Å². The Bertz CT molecular complexity index is 823. The van der Waals surface area contributed by atoms with Crippen molar-refractivity contribution in [2.45, 2.75) is 6.42 Å². The van der Waals surface area contributed by atoms with Gasteiger partial charge in [-0.1, -0.05) is 36.4 Å². The molecule has 8 heteroatoms. The van der Waals surface area contributed by atoms with Crippen molar-refractivity contribution in [2.75, 3.05) is 6.61 Å². The maximum Gasteiger partial charge on any atom is 0.269 e. The minimum Gasteiger partial charge on any atom is -0.490 e. The van der Waals surface area contributed by atoms with Gasteiger partial charge in [-0.05, 0) is 54.2 Å². The third kappa shape index (κ3) is 7.08. The fourth-order valence-corrected chi connectivity index (χ4v) is 2.32. The Kier molecular flexibility index (Phi) is 7.79. The van der Waals surface area contributed by atoms with Gasteiger partial charge in [-0.25, -0.2) is 0 Å². The minimum atomic E-state index is -0.403. The van der Waals surface area contributed by atoms with Gasteiger partial charge >= 0.3 is 0 Å². The number of ether oxygens (including phenoxy) is 1. The highest BCUT2D eigenvalue weighted by molar-refractivity contribution is 7.80. The second-order valence-corrected chi connectivity index (χ2v) is 6.23. The van der Waals surface area contributed by atoms with Crippen molar-refractivity contribution in [3.63, 3.8) is 0 Å². The van der Waals surface area contributed by atoms with Gasteiger partial charge in [0.1, 0.15) is 12.4 Å². The van der Waals surface area contributed by atoms with E-state index in [9.17, 15) is 9.59 Å². The highest BCUT2D eigenvalue weighted by Crippen LogP contribution is 2.12. The van der Waals surface area contributed by atoms with Crippen molar-refractivity contribution in [3.8, 4) is 5.75 Å². The summed E-state index contributed by atoms with van der Waals surface area (Å²) in [5.74, 6) is -0.0863. The number of halogens is 1. The van der Waals surface area contributed by atoms with E-state index in [1.54, 1.807) is 54.6 Å². The Labute approximate surface area is 167 Å². The first-order chi connectivity index (χ1) is 13.0. The summed E-state index contributed by atoms with van der Waals surface area (Å²) >= 11 is 10.8. The van der Waals surface area contributed by atoms with Gasteiger partial charge in [0.25, 0.3) is 5.91 Å². The normalized spacial score (nSPS) is 9.81. The molecule has 0 atom stereocenters. The van der Waals surface area contributed by atoms with Gasteiger partial charge in [0.2, 0.25) is 5.91 Å². The van der Waals surface area contributed by atoms with Crippen LogP contribution in [0.2, 0.25) is 5.02 Å². The van der Waals surface area contributed by atoms with E-state index < -0.39 is 5.91 Å². The van der Waals surface area contributed by atoms with Gasteiger partial charge in [-0.2, -0.15) is 0 Å². The molecule has 2 amide bonds. The van der Waals surface area contributed by atoms with E-state index in [1.165, 1.54) is 0 Å².